The van der Waals surface area contributed by atoms with Crippen LogP contribution in [0, 0.1) is 12.3 Å². The zero-order valence-corrected chi connectivity index (χ0v) is 52.9. The molecular weight excluding hydrogens is 1210 g/mol. The number of nitrogen functional groups attached to an aromatic ring is 5. The SMILES string of the molecule is C#CCC(Cc1cnc2nc(N)nc(N)c2n1)c1ccc(C(C)=O)cc1.CC(=O)c1ccc(CCc2c[nH]c3nc(N)[nH]c(=O)c23)cc1.CC(=O)c1ccc(N(C)Cc2ccc3c(=O)[nH]cnc3c2)s1.CC(=O)c1ccc(N(C)Cc2cnc3nc(N)nc(N)c3n2)cc1.[HH]. The first-order valence-corrected chi connectivity index (χ1v) is 30.0. The largest absolute Gasteiger partial charge is 0.382 e. The van der Waals surface area contributed by atoms with E-state index in [4.69, 9.17) is 35.1 Å². The van der Waals surface area contributed by atoms with Crippen LogP contribution in [-0.4, -0.2) is 102 Å². The number of carbonyl (C=O) groups excluding carboxylic acids is 4. The molecule has 12 aromatic rings. The van der Waals surface area contributed by atoms with Crippen molar-refractivity contribution in [2.45, 2.75) is 72.4 Å². The molecule has 13 N–H and O–H groups in total. The maximum absolute atomic E-state index is 12.0. The molecule has 0 bridgehead atoms. The monoisotopic (exact) mass is 1280 g/mol. The quantitative estimate of drug-likeness (QED) is 0.0313. The number of ketones is 4. The van der Waals surface area contributed by atoms with Gasteiger partial charge in [-0.1, -0.05) is 54.6 Å². The number of H-pyrrole nitrogens is 3. The molecular formula is C67H68N20O6S. The molecule has 0 aliphatic heterocycles. The summed E-state index contributed by atoms with van der Waals surface area (Å²) in [7, 11) is 3.91. The molecule has 478 valence electrons. The van der Waals surface area contributed by atoms with Gasteiger partial charge in [-0.15, -0.1) is 23.7 Å². The molecule has 0 saturated heterocycles. The second-order valence-electron chi connectivity index (χ2n) is 21.8. The highest BCUT2D eigenvalue weighted by Gasteiger charge is 2.18. The van der Waals surface area contributed by atoms with Gasteiger partial charge in [0.25, 0.3) is 11.1 Å². The summed E-state index contributed by atoms with van der Waals surface area (Å²) in [5, 5.41) is 2.17. The lowest BCUT2D eigenvalue weighted by Crippen LogP contribution is -2.18. The van der Waals surface area contributed by atoms with Crippen LogP contribution in [0.3, 0.4) is 0 Å². The number of nitrogens with zero attached hydrogens (tertiary/aromatic N) is 12. The van der Waals surface area contributed by atoms with E-state index in [0.29, 0.717) is 93.3 Å². The number of anilines is 7. The number of aromatic nitrogens is 13. The fourth-order valence-electron chi connectivity index (χ4n) is 9.91. The van der Waals surface area contributed by atoms with Gasteiger partial charge < -0.3 is 48.4 Å². The first-order chi connectivity index (χ1) is 45.0. The number of aromatic amines is 3. The van der Waals surface area contributed by atoms with Gasteiger partial charge in [0.2, 0.25) is 17.8 Å². The predicted octanol–water partition coefficient (Wildman–Crippen LogP) is 8.45. The van der Waals surface area contributed by atoms with Crippen molar-refractivity contribution in [1.82, 2.24) is 64.8 Å². The Morgan fingerprint density at radius 1 is 0.606 bits per heavy atom. The summed E-state index contributed by atoms with van der Waals surface area (Å²) in [6.07, 6.45) is 14.6. The van der Waals surface area contributed by atoms with E-state index < -0.39 is 0 Å². The van der Waals surface area contributed by atoms with Crippen LogP contribution >= 0.6 is 11.3 Å². The second kappa shape index (κ2) is 29.6. The maximum atomic E-state index is 12.0. The highest BCUT2D eigenvalue weighted by molar-refractivity contribution is 7.18. The van der Waals surface area contributed by atoms with Crippen LogP contribution in [0.4, 0.5) is 40.2 Å². The van der Waals surface area contributed by atoms with Crippen molar-refractivity contribution in [2.24, 2.45) is 0 Å². The van der Waals surface area contributed by atoms with Gasteiger partial charge in [-0.05, 0) is 118 Å². The Morgan fingerprint density at radius 3 is 1.77 bits per heavy atom. The minimum absolute atomic E-state index is 0. The average molecular weight is 1280 g/mol. The van der Waals surface area contributed by atoms with Crippen molar-refractivity contribution < 1.29 is 20.6 Å². The van der Waals surface area contributed by atoms with Crippen LogP contribution in [-0.2, 0) is 32.4 Å². The third-order valence-corrected chi connectivity index (χ3v) is 16.2. The standard InChI is InChI=1S/C19H18N6O.C16H17N7O.C16H16N4O2.C16H15N3O2S.H2/c1-3-4-14(13-7-5-12(6-8-13)11(2)26)9-15-10-22-18-16(23-15)17(20)24-19(21)25-18;1-9(24)10-3-5-12(6-4-10)23(2)8-11-7-19-15-13(20-11)14(17)21-16(18)22-15;1-9(21)11-5-2-10(3-6-11)4-7-12-8-18-14-13(12)15(22)20-16(17)19-14;1-10(20)14-5-6-15(22-14)19(2)8-11-3-4-12-13(7-11)17-9-18-16(12)21;/h1,5-8,10,14H,4,9H2,2H3,(H4,20,21,22,24,25);3-7H,8H2,1-2H3,(H4,17,18,19,21,22);2-3,5-6,8H,4,7H2,1H3,(H4,17,18,19,20,22);3-7,9H,8H2,1-2H3,(H,17,18,21);1H. The molecule has 94 heavy (non-hydrogen) atoms. The number of hydrogen-bond donors (Lipinski definition) is 8. The summed E-state index contributed by atoms with van der Waals surface area (Å²) >= 11 is 1.48. The number of aryl methyl sites for hydroxylation is 2. The Balaban J connectivity index is 0.000000162. The number of thiophene rings is 1. The van der Waals surface area contributed by atoms with Crippen molar-refractivity contribution in [3.8, 4) is 12.3 Å². The van der Waals surface area contributed by atoms with Crippen molar-refractivity contribution in [3.63, 3.8) is 0 Å². The van der Waals surface area contributed by atoms with E-state index >= 15 is 0 Å². The molecule has 26 nitrogen and oxygen atoms in total. The lowest BCUT2D eigenvalue weighted by atomic mass is 9.90. The Hall–Kier alpha value is -12.2. The van der Waals surface area contributed by atoms with Crippen LogP contribution in [0.15, 0.2) is 138 Å². The molecule has 12 rings (SSSR count). The summed E-state index contributed by atoms with van der Waals surface area (Å²) < 4.78 is 0. The number of rotatable bonds is 17. The topological polar surface area (TPSA) is 415 Å². The van der Waals surface area contributed by atoms with E-state index in [1.807, 2.05) is 104 Å². The van der Waals surface area contributed by atoms with Crippen LogP contribution in [0.5, 0.6) is 0 Å². The summed E-state index contributed by atoms with van der Waals surface area (Å²) in [6, 6.07) is 31.8. The average Bonchev–Trinajstić information content (AvgIpc) is 1.80. The Bertz CT molecular complexity index is 4960. The van der Waals surface area contributed by atoms with Crippen molar-refractivity contribution in [1.29, 1.82) is 0 Å². The molecule has 0 amide bonds. The zero-order valence-electron chi connectivity index (χ0n) is 52.1. The summed E-state index contributed by atoms with van der Waals surface area (Å²) in [5.41, 5.74) is 39.3. The van der Waals surface area contributed by atoms with E-state index in [1.54, 1.807) is 57.6 Å². The highest BCUT2D eigenvalue weighted by Crippen LogP contribution is 2.29. The highest BCUT2D eigenvalue weighted by atomic mass is 32.1. The maximum Gasteiger partial charge on any atom is 0.262 e. The number of nitrogens with one attached hydrogen (secondary N) is 3. The van der Waals surface area contributed by atoms with E-state index in [9.17, 15) is 28.8 Å². The van der Waals surface area contributed by atoms with Crippen LogP contribution in [0.25, 0.3) is 44.3 Å². The lowest BCUT2D eigenvalue weighted by molar-refractivity contribution is 0.100. The van der Waals surface area contributed by atoms with Crippen molar-refractivity contribution in [2.75, 3.05) is 52.6 Å². The Kier molecular flexibility index (Phi) is 20.9. The number of Topliss-reactive ketones (excluding diaryl/α,β-unsaturated/α-hetero) is 4. The van der Waals surface area contributed by atoms with Gasteiger partial charge >= 0.3 is 0 Å². The van der Waals surface area contributed by atoms with Gasteiger partial charge in [-0.2, -0.15) is 24.9 Å². The molecule has 4 aromatic carbocycles. The van der Waals surface area contributed by atoms with Gasteiger partial charge in [0.1, 0.15) is 5.65 Å². The number of hydrogen-bond acceptors (Lipinski definition) is 24. The Labute approximate surface area is 543 Å². The number of benzene rings is 4. The third kappa shape index (κ3) is 16.6. The summed E-state index contributed by atoms with van der Waals surface area (Å²) in [5.74, 6) is 3.59. The number of carbonyl (C=O) groups is 4. The zero-order chi connectivity index (χ0) is 67.3. The van der Waals surface area contributed by atoms with E-state index in [2.05, 4.69) is 75.6 Å². The van der Waals surface area contributed by atoms with E-state index in [-0.39, 0.29) is 71.1 Å². The minimum Gasteiger partial charge on any atom is -0.382 e. The molecule has 0 spiro atoms. The van der Waals surface area contributed by atoms with Gasteiger partial charge in [0, 0.05) is 63.0 Å². The van der Waals surface area contributed by atoms with Crippen LogP contribution in [0.2, 0.25) is 0 Å². The first-order valence-electron chi connectivity index (χ1n) is 29.2. The smallest absolute Gasteiger partial charge is 0.262 e. The van der Waals surface area contributed by atoms with Gasteiger partial charge in [0.15, 0.2) is 57.1 Å². The molecule has 8 aromatic heterocycles. The normalized spacial score (nSPS) is 11.1. The molecule has 8 heterocycles. The van der Waals surface area contributed by atoms with Gasteiger partial charge in [-0.25, -0.2) is 24.9 Å². The fourth-order valence-corrected chi connectivity index (χ4v) is 10.8. The van der Waals surface area contributed by atoms with Gasteiger partial charge in [0.05, 0.1) is 62.8 Å². The number of fused-ring (bicyclic) bond motifs is 4. The number of nitrogens with two attached hydrogens (primary N) is 5. The molecule has 1 unspecified atom stereocenters. The third-order valence-electron chi connectivity index (χ3n) is 14.9. The number of terminal acetylenes is 1. The summed E-state index contributed by atoms with van der Waals surface area (Å²) in [4.78, 5) is 124. The molecule has 1 atom stereocenters. The minimum atomic E-state index is -0.231. The molecule has 0 radical (unpaired) electrons. The molecule has 0 fully saturated rings. The van der Waals surface area contributed by atoms with Crippen molar-refractivity contribution >= 4 is 119 Å². The van der Waals surface area contributed by atoms with Gasteiger partial charge in [-0.3, -0.25) is 33.8 Å². The van der Waals surface area contributed by atoms with Crippen LogP contribution < -0.4 is 49.6 Å². The van der Waals surface area contributed by atoms with E-state index in [1.165, 1.54) is 24.6 Å². The molecule has 0 aliphatic rings. The summed E-state index contributed by atoms with van der Waals surface area (Å²) in [6.45, 7) is 7.41. The predicted molar refractivity (Wildman–Crippen MR) is 369 cm³/mol. The Morgan fingerprint density at radius 2 is 1.18 bits per heavy atom. The molecule has 27 heteroatoms. The lowest BCUT2D eigenvalue weighted by Gasteiger charge is -2.19. The molecule has 0 aliphatic carbocycles. The first kappa shape index (κ1) is 66.2. The second-order valence-corrected chi connectivity index (χ2v) is 22.9. The fraction of sp³-hybridized carbons (Fsp3) is 0.194. The van der Waals surface area contributed by atoms with E-state index in [0.717, 1.165) is 55.6 Å². The van der Waals surface area contributed by atoms with Crippen molar-refractivity contribution in [3.05, 3.63) is 204 Å². The molecule has 0 saturated carbocycles. The van der Waals surface area contributed by atoms with Crippen LogP contribution in [0.1, 0.15) is 116 Å².